The van der Waals surface area contributed by atoms with Crippen LogP contribution in [0.5, 0.6) is 0 Å². The highest BCUT2D eigenvalue weighted by atomic mass is 16.6. The Morgan fingerprint density at radius 1 is 1.12 bits per heavy atom. The highest BCUT2D eigenvalue weighted by Crippen LogP contribution is 2.31. The lowest BCUT2D eigenvalue weighted by atomic mass is 10.2. The lowest BCUT2D eigenvalue weighted by Crippen LogP contribution is -1.88. The smallest absolute Gasteiger partial charge is 0.269 e. The van der Waals surface area contributed by atoms with Crippen LogP contribution in [0.4, 0.5) is 5.69 Å². The lowest BCUT2D eigenvalue weighted by Gasteiger charge is -1.95. The normalized spacial score (nSPS) is 11.0. The summed E-state index contributed by atoms with van der Waals surface area (Å²) in [6.07, 6.45) is 1.62. The van der Waals surface area contributed by atoms with Crippen molar-refractivity contribution in [3.05, 3.63) is 64.8 Å². The van der Waals surface area contributed by atoms with Crippen molar-refractivity contribution in [1.29, 1.82) is 0 Å². The van der Waals surface area contributed by atoms with E-state index in [0.717, 1.165) is 10.9 Å². The van der Waals surface area contributed by atoms with Gasteiger partial charge in [-0.25, -0.2) is 4.98 Å². The maximum atomic E-state index is 10.7. The molecule has 0 radical (unpaired) electrons. The van der Waals surface area contributed by atoms with Crippen molar-refractivity contribution in [1.82, 2.24) is 14.8 Å². The molecule has 0 bridgehead atoms. The minimum absolute atomic E-state index is 0.0289. The summed E-state index contributed by atoms with van der Waals surface area (Å²) in [7, 11) is 1.87. The fourth-order valence-electron chi connectivity index (χ4n) is 2.64. The van der Waals surface area contributed by atoms with Gasteiger partial charge >= 0.3 is 0 Å². The van der Waals surface area contributed by atoms with Gasteiger partial charge in [-0.3, -0.25) is 14.8 Å². The summed E-state index contributed by atoms with van der Waals surface area (Å²) in [5.74, 6) is 0.954. The minimum Gasteiger partial charge on any atom is -0.434 e. The Balaban J connectivity index is 1.75. The van der Waals surface area contributed by atoms with Gasteiger partial charge in [-0.05, 0) is 18.2 Å². The molecule has 0 spiro atoms. The molecule has 0 fully saturated rings. The fourth-order valence-corrected chi connectivity index (χ4v) is 2.64. The second kappa shape index (κ2) is 5.31. The molecule has 2 aromatic carbocycles. The Kier molecular flexibility index (Phi) is 3.13. The van der Waals surface area contributed by atoms with E-state index in [1.54, 1.807) is 23.0 Å². The summed E-state index contributed by atoms with van der Waals surface area (Å²) < 4.78 is 7.61. The average molecular weight is 320 g/mol. The summed E-state index contributed by atoms with van der Waals surface area (Å²) in [4.78, 5) is 14.5. The SMILES string of the molecule is Cn1nc(-c2cnc(-c3ccc([N+](=O)[O-])cc3)o2)c2ccccc21. The standard InChI is InChI=1S/C17H12N4O3/c1-20-14-5-3-2-4-13(14)16(19-20)15-10-18-17(24-15)11-6-8-12(9-7-11)21(22)23/h2-10H,1H3. The zero-order chi connectivity index (χ0) is 16.7. The maximum Gasteiger partial charge on any atom is 0.269 e. The molecule has 0 aliphatic heterocycles. The predicted octanol–water partition coefficient (Wildman–Crippen LogP) is 3.80. The highest BCUT2D eigenvalue weighted by Gasteiger charge is 2.16. The number of nitro benzene ring substituents is 1. The summed E-state index contributed by atoms with van der Waals surface area (Å²) in [6.45, 7) is 0. The van der Waals surface area contributed by atoms with E-state index in [9.17, 15) is 10.1 Å². The van der Waals surface area contributed by atoms with Crippen LogP contribution in [0.1, 0.15) is 0 Å². The van der Waals surface area contributed by atoms with Crippen LogP contribution in [0, 0.1) is 10.1 Å². The molecule has 0 atom stereocenters. The summed E-state index contributed by atoms with van der Waals surface area (Å²) in [5, 5.41) is 16.2. The van der Waals surface area contributed by atoms with Crippen LogP contribution in [0.25, 0.3) is 33.8 Å². The quantitative estimate of drug-likeness (QED) is 0.423. The molecule has 2 heterocycles. The van der Waals surface area contributed by atoms with Crippen molar-refractivity contribution in [2.24, 2.45) is 7.05 Å². The third kappa shape index (κ3) is 2.23. The van der Waals surface area contributed by atoms with Crippen molar-refractivity contribution in [2.45, 2.75) is 0 Å². The van der Waals surface area contributed by atoms with Crippen LogP contribution in [0.2, 0.25) is 0 Å². The molecule has 0 aliphatic rings. The number of aryl methyl sites for hydroxylation is 1. The zero-order valence-electron chi connectivity index (χ0n) is 12.7. The van der Waals surface area contributed by atoms with Gasteiger partial charge in [0.05, 0.1) is 16.6 Å². The maximum absolute atomic E-state index is 10.7. The van der Waals surface area contributed by atoms with Gasteiger partial charge in [0.2, 0.25) is 5.89 Å². The second-order valence-corrected chi connectivity index (χ2v) is 5.32. The Hall–Kier alpha value is -3.48. The van der Waals surface area contributed by atoms with E-state index in [4.69, 9.17) is 4.42 Å². The number of para-hydroxylation sites is 1. The number of nitrogens with zero attached hydrogens (tertiary/aromatic N) is 4. The number of fused-ring (bicyclic) bond motifs is 1. The first kappa shape index (κ1) is 14.1. The van der Waals surface area contributed by atoms with Gasteiger partial charge in [0.1, 0.15) is 5.69 Å². The molecule has 7 heteroatoms. The van der Waals surface area contributed by atoms with Crippen LogP contribution in [0.3, 0.4) is 0 Å². The van der Waals surface area contributed by atoms with Gasteiger partial charge in [-0.2, -0.15) is 5.10 Å². The Morgan fingerprint density at radius 2 is 1.88 bits per heavy atom. The molecule has 0 N–H and O–H groups in total. The molecular weight excluding hydrogens is 308 g/mol. The molecule has 4 aromatic rings. The van der Waals surface area contributed by atoms with Crippen molar-refractivity contribution in [2.75, 3.05) is 0 Å². The summed E-state index contributed by atoms with van der Waals surface area (Å²) in [6, 6.07) is 13.9. The van der Waals surface area contributed by atoms with E-state index in [1.807, 2.05) is 31.3 Å². The lowest BCUT2D eigenvalue weighted by molar-refractivity contribution is -0.384. The Morgan fingerprint density at radius 3 is 2.62 bits per heavy atom. The molecule has 0 aliphatic carbocycles. The number of nitro groups is 1. The van der Waals surface area contributed by atoms with E-state index in [1.165, 1.54) is 12.1 Å². The monoisotopic (exact) mass is 320 g/mol. The van der Waals surface area contributed by atoms with Crippen LogP contribution in [-0.2, 0) is 7.05 Å². The molecule has 0 amide bonds. The number of rotatable bonds is 3. The number of benzene rings is 2. The molecule has 24 heavy (non-hydrogen) atoms. The van der Waals surface area contributed by atoms with Gasteiger partial charge in [0.15, 0.2) is 5.76 Å². The van der Waals surface area contributed by atoms with E-state index >= 15 is 0 Å². The summed E-state index contributed by atoms with van der Waals surface area (Å²) >= 11 is 0. The topological polar surface area (TPSA) is 87.0 Å². The van der Waals surface area contributed by atoms with Crippen molar-refractivity contribution >= 4 is 16.6 Å². The molecular formula is C17H12N4O3. The van der Waals surface area contributed by atoms with Gasteiger partial charge in [0.25, 0.3) is 5.69 Å². The predicted molar refractivity (Wildman–Crippen MR) is 88.3 cm³/mol. The summed E-state index contributed by atoms with van der Waals surface area (Å²) in [5.41, 5.74) is 2.42. The van der Waals surface area contributed by atoms with E-state index in [2.05, 4.69) is 10.1 Å². The third-order valence-corrected chi connectivity index (χ3v) is 3.82. The number of hydrogen-bond donors (Lipinski definition) is 0. The van der Waals surface area contributed by atoms with Crippen LogP contribution in [0.15, 0.2) is 59.1 Å². The van der Waals surface area contributed by atoms with Gasteiger partial charge in [0, 0.05) is 30.1 Å². The number of oxazole rings is 1. The Labute approximate surface area is 136 Å². The first-order valence-electron chi connectivity index (χ1n) is 7.26. The molecule has 0 unspecified atom stereocenters. The molecule has 7 nitrogen and oxygen atoms in total. The average Bonchev–Trinajstić information content (AvgIpc) is 3.20. The minimum atomic E-state index is -0.440. The van der Waals surface area contributed by atoms with Gasteiger partial charge < -0.3 is 4.42 Å². The zero-order valence-corrected chi connectivity index (χ0v) is 12.7. The number of aromatic nitrogens is 3. The van der Waals surface area contributed by atoms with Crippen molar-refractivity contribution in [3.63, 3.8) is 0 Å². The molecule has 0 saturated heterocycles. The van der Waals surface area contributed by atoms with Crippen LogP contribution < -0.4 is 0 Å². The first-order chi connectivity index (χ1) is 11.6. The largest absolute Gasteiger partial charge is 0.434 e. The third-order valence-electron chi connectivity index (χ3n) is 3.82. The van der Waals surface area contributed by atoms with E-state index in [-0.39, 0.29) is 5.69 Å². The highest BCUT2D eigenvalue weighted by molar-refractivity contribution is 5.91. The van der Waals surface area contributed by atoms with Crippen molar-refractivity contribution < 1.29 is 9.34 Å². The molecule has 118 valence electrons. The molecule has 0 saturated carbocycles. The first-order valence-corrected chi connectivity index (χ1v) is 7.26. The number of non-ortho nitro benzene ring substituents is 1. The second-order valence-electron chi connectivity index (χ2n) is 5.32. The fraction of sp³-hybridized carbons (Fsp3) is 0.0588. The molecule has 2 aromatic heterocycles. The number of hydrogen-bond acceptors (Lipinski definition) is 5. The van der Waals surface area contributed by atoms with Gasteiger partial charge in [-0.1, -0.05) is 18.2 Å². The van der Waals surface area contributed by atoms with Gasteiger partial charge in [-0.15, -0.1) is 0 Å². The van der Waals surface area contributed by atoms with Crippen LogP contribution in [-0.4, -0.2) is 19.7 Å². The van der Waals surface area contributed by atoms with Crippen LogP contribution >= 0.6 is 0 Å². The van der Waals surface area contributed by atoms with E-state index < -0.39 is 4.92 Å². The van der Waals surface area contributed by atoms with E-state index in [0.29, 0.717) is 22.9 Å². The van der Waals surface area contributed by atoms with Crippen molar-refractivity contribution in [3.8, 4) is 22.9 Å². The molecule has 4 rings (SSSR count). The Bertz CT molecular complexity index is 1050.